The van der Waals surface area contributed by atoms with Crippen molar-refractivity contribution in [1.82, 2.24) is 4.98 Å². The Labute approximate surface area is 92.7 Å². The van der Waals surface area contributed by atoms with E-state index >= 15 is 0 Å². The molecule has 0 aliphatic heterocycles. The third-order valence-corrected chi connectivity index (χ3v) is 3.66. The van der Waals surface area contributed by atoms with E-state index in [1.165, 1.54) is 28.4 Å². The van der Waals surface area contributed by atoms with Crippen molar-refractivity contribution in [2.24, 2.45) is 0 Å². The molecule has 0 aliphatic carbocycles. The van der Waals surface area contributed by atoms with Gasteiger partial charge in [-0.15, -0.1) is 11.3 Å². The van der Waals surface area contributed by atoms with Crippen LogP contribution in [0.1, 0.15) is 35.3 Å². The van der Waals surface area contributed by atoms with Crippen molar-refractivity contribution in [1.29, 1.82) is 0 Å². The van der Waals surface area contributed by atoms with Gasteiger partial charge in [-0.2, -0.15) is 0 Å². The molecular formula is C10H16BrNS. The highest BCUT2D eigenvalue weighted by Crippen LogP contribution is 2.19. The van der Waals surface area contributed by atoms with Gasteiger partial charge in [0.1, 0.15) is 0 Å². The minimum absolute atomic E-state index is 0.634. The molecule has 0 bridgehead atoms. The number of aryl methyl sites for hydroxylation is 3. The van der Waals surface area contributed by atoms with Crippen LogP contribution in [0.5, 0.6) is 0 Å². The summed E-state index contributed by atoms with van der Waals surface area (Å²) >= 11 is 5.39. The summed E-state index contributed by atoms with van der Waals surface area (Å²) in [6, 6.07) is 0. The summed E-state index contributed by atoms with van der Waals surface area (Å²) in [7, 11) is 0. The normalized spacial score (nSPS) is 13.2. The fourth-order valence-corrected chi connectivity index (χ4v) is 2.48. The molecule has 0 saturated carbocycles. The van der Waals surface area contributed by atoms with Crippen LogP contribution in [-0.4, -0.2) is 9.81 Å². The molecule has 13 heavy (non-hydrogen) atoms. The molecule has 0 N–H and O–H groups in total. The monoisotopic (exact) mass is 261 g/mol. The number of thiazole rings is 1. The average Bonchev–Trinajstić information content (AvgIpc) is 2.30. The Morgan fingerprint density at radius 3 is 2.62 bits per heavy atom. The number of halogens is 1. The SMILES string of the molecule is Cc1nc(CCCC(C)Br)sc1C. The molecule has 0 radical (unpaired) electrons. The van der Waals surface area contributed by atoms with Crippen LogP contribution in [0.2, 0.25) is 0 Å². The molecule has 3 heteroatoms. The standard InChI is InChI=1S/C10H16BrNS/c1-7(11)5-4-6-10-12-8(2)9(3)13-10/h7H,4-6H2,1-3H3. The molecule has 0 aliphatic rings. The maximum absolute atomic E-state index is 4.51. The molecule has 1 unspecified atom stereocenters. The summed E-state index contributed by atoms with van der Waals surface area (Å²) in [5, 5.41) is 1.29. The number of hydrogen-bond donors (Lipinski definition) is 0. The Morgan fingerprint density at radius 1 is 1.46 bits per heavy atom. The zero-order valence-corrected chi connectivity index (χ0v) is 10.8. The fraction of sp³-hybridized carbons (Fsp3) is 0.700. The topological polar surface area (TPSA) is 12.9 Å². The van der Waals surface area contributed by atoms with Gasteiger partial charge in [0.15, 0.2) is 0 Å². The van der Waals surface area contributed by atoms with E-state index in [0.29, 0.717) is 4.83 Å². The Bertz CT molecular complexity index is 248. The van der Waals surface area contributed by atoms with Gasteiger partial charge in [0.2, 0.25) is 0 Å². The molecule has 1 rings (SSSR count). The first-order valence-electron chi connectivity index (χ1n) is 4.66. The molecule has 0 amide bonds. The lowest BCUT2D eigenvalue weighted by molar-refractivity contribution is 0.732. The minimum atomic E-state index is 0.634. The zero-order chi connectivity index (χ0) is 9.84. The van der Waals surface area contributed by atoms with Gasteiger partial charge in [-0.05, 0) is 33.1 Å². The van der Waals surface area contributed by atoms with Gasteiger partial charge in [-0.1, -0.05) is 22.9 Å². The lowest BCUT2D eigenvalue weighted by atomic mass is 10.2. The van der Waals surface area contributed by atoms with E-state index in [1.807, 2.05) is 11.3 Å². The Balaban J connectivity index is 2.37. The van der Waals surface area contributed by atoms with Crippen molar-refractivity contribution in [2.45, 2.75) is 44.9 Å². The molecule has 0 saturated heterocycles. The Morgan fingerprint density at radius 2 is 2.15 bits per heavy atom. The summed E-state index contributed by atoms with van der Waals surface area (Å²) in [6.07, 6.45) is 3.60. The second-order valence-electron chi connectivity index (χ2n) is 3.42. The van der Waals surface area contributed by atoms with Crippen LogP contribution in [0.3, 0.4) is 0 Å². The van der Waals surface area contributed by atoms with Gasteiger partial charge >= 0.3 is 0 Å². The lowest BCUT2D eigenvalue weighted by Crippen LogP contribution is -1.92. The molecule has 1 heterocycles. The highest BCUT2D eigenvalue weighted by atomic mass is 79.9. The molecule has 0 spiro atoms. The van der Waals surface area contributed by atoms with E-state index in [0.717, 1.165) is 6.42 Å². The largest absolute Gasteiger partial charge is 0.246 e. The first-order valence-corrected chi connectivity index (χ1v) is 6.40. The molecule has 1 atom stereocenters. The molecule has 0 fully saturated rings. The molecule has 1 aromatic rings. The minimum Gasteiger partial charge on any atom is -0.246 e. The molecule has 74 valence electrons. The maximum atomic E-state index is 4.51. The van der Waals surface area contributed by atoms with Crippen LogP contribution in [0, 0.1) is 13.8 Å². The van der Waals surface area contributed by atoms with Crippen LogP contribution >= 0.6 is 27.3 Å². The molecule has 1 aromatic heterocycles. The summed E-state index contributed by atoms with van der Waals surface area (Å²) in [4.78, 5) is 6.51. The van der Waals surface area contributed by atoms with Crippen LogP contribution < -0.4 is 0 Å². The number of aromatic nitrogens is 1. The number of alkyl halides is 1. The smallest absolute Gasteiger partial charge is 0.0930 e. The van der Waals surface area contributed by atoms with E-state index in [1.54, 1.807) is 0 Å². The van der Waals surface area contributed by atoms with E-state index in [4.69, 9.17) is 0 Å². The van der Waals surface area contributed by atoms with Crippen molar-refractivity contribution >= 4 is 27.3 Å². The Hall–Kier alpha value is 0.110. The second kappa shape index (κ2) is 5.11. The van der Waals surface area contributed by atoms with Crippen molar-refractivity contribution in [2.75, 3.05) is 0 Å². The predicted molar refractivity (Wildman–Crippen MR) is 62.9 cm³/mol. The second-order valence-corrected chi connectivity index (χ2v) is 6.27. The van der Waals surface area contributed by atoms with Gasteiger partial charge in [0.25, 0.3) is 0 Å². The van der Waals surface area contributed by atoms with Crippen molar-refractivity contribution in [3.63, 3.8) is 0 Å². The average molecular weight is 262 g/mol. The predicted octanol–water partition coefficient (Wildman–Crippen LogP) is 3.87. The highest BCUT2D eigenvalue weighted by molar-refractivity contribution is 9.09. The summed E-state index contributed by atoms with van der Waals surface area (Å²) in [5.41, 5.74) is 1.20. The maximum Gasteiger partial charge on any atom is 0.0930 e. The number of rotatable bonds is 4. The summed E-state index contributed by atoms with van der Waals surface area (Å²) < 4.78 is 0. The summed E-state index contributed by atoms with van der Waals surface area (Å²) in [5.74, 6) is 0. The fourth-order valence-electron chi connectivity index (χ4n) is 1.18. The van der Waals surface area contributed by atoms with Crippen LogP contribution in [0.15, 0.2) is 0 Å². The van der Waals surface area contributed by atoms with Gasteiger partial charge in [0.05, 0.1) is 10.7 Å². The van der Waals surface area contributed by atoms with Gasteiger partial charge in [-0.25, -0.2) is 4.98 Å². The quantitative estimate of drug-likeness (QED) is 0.751. The highest BCUT2D eigenvalue weighted by Gasteiger charge is 2.03. The molecule has 1 nitrogen and oxygen atoms in total. The van der Waals surface area contributed by atoms with Gasteiger partial charge < -0.3 is 0 Å². The molecule has 0 aromatic carbocycles. The van der Waals surface area contributed by atoms with Crippen molar-refractivity contribution in [3.8, 4) is 0 Å². The van der Waals surface area contributed by atoms with Gasteiger partial charge in [0, 0.05) is 9.70 Å². The third kappa shape index (κ3) is 3.77. The zero-order valence-electron chi connectivity index (χ0n) is 8.43. The van der Waals surface area contributed by atoms with Crippen molar-refractivity contribution < 1.29 is 0 Å². The van der Waals surface area contributed by atoms with E-state index in [9.17, 15) is 0 Å². The Kier molecular flexibility index (Phi) is 4.39. The van der Waals surface area contributed by atoms with Crippen LogP contribution in [0.4, 0.5) is 0 Å². The lowest BCUT2D eigenvalue weighted by Gasteiger charge is -1.99. The van der Waals surface area contributed by atoms with E-state index < -0.39 is 0 Å². The van der Waals surface area contributed by atoms with E-state index in [2.05, 4.69) is 41.7 Å². The number of nitrogens with zero attached hydrogens (tertiary/aromatic N) is 1. The third-order valence-electron chi connectivity index (χ3n) is 2.07. The molecular weight excluding hydrogens is 246 g/mol. The number of hydrogen-bond acceptors (Lipinski definition) is 2. The van der Waals surface area contributed by atoms with E-state index in [-0.39, 0.29) is 0 Å². The van der Waals surface area contributed by atoms with Crippen LogP contribution in [-0.2, 0) is 6.42 Å². The van der Waals surface area contributed by atoms with Crippen LogP contribution in [0.25, 0.3) is 0 Å². The first kappa shape index (κ1) is 11.2. The van der Waals surface area contributed by atoms with Gasteiger partial charge in [-0.3, -0.25) is 0 Å². The summed E-state index contributed by atoms with van der Waals surface area (Å²) in [6.45, 7) is 6.42. The van der Waals surface area contributed by atoms with Crippen molar-refractivity contribution in [3.05, 3.63) is 15.6 Å². The first-order chi connectivity index (χ1) is 6.09.